The van der Waals surface area contributed by atoms with E-state index in [1.165, 1.54) is 37.7 Å². The van der Waals surface area contributed by atoms with Gasteiger partial charge in [0, 0.05) is 6.42 Å². The Kier molecular flexibility index (Phi) is 3.73. The van der Waals surface area contributed by atoms with Crippen molar-refractivity contribution in [2.45, 2.75) is 63.3 Å². The predicted octanol–water partition coefficient (Wildman–Crippen LogP) is 2.02. The van der Waals surface area contributed by atoms with Crippen LogP contribution in [-0.2, 0) is 4.74 Å². The molecule has 1 aliphatic heterocycles. The van der Waals surface area contributed by atoms with Crippen molar-refractivity contribution in [1.82, 2.24) is 0 Å². The highest BCUT2D eigenvalue weighted by atomic mass is 16.5. The van der Waals surface area contributed by atoms with E-state index in [0.29, 0.717) is 12.3 Å². The second-order valence-electron chi connectivity index (χ2n) is 6.08. The molecule has 2 aliphatic carbocycles. The standard InChI is InChI=1S/C15H24O3/c16-9-15-13(17)8-14(18-15)12-7-3-5-10-4-1-2-6-11(10)12/h7,10-11,13-17H,1-6,8-9H2/t10?,11?,13-,14?,15+/m0/s1. The van der Waals surface area contributed by atoms with E-state index < -0.39 is 6.10 Å². The summed E-state index contributed by atoms with van der Waals surface area (Å²) >= 11 is 0. The van der Waals surface area contributed by atoms with Gasteiger partial charge in [0.15, 0.2) is 0 Å². The Morgan fingerprint density at radius 1 is 1.22 bits per heavy atom. The average Bonchev–Trinajstić information content (AvgIpc) is 2.79. The van der Waals surface area contributed by atoms with Crippen LogP contribution in [0.5, 0.6) is 0 Å². The lowest BCUT2D eigenvalue weighted by Crippen LogP contribution is -2.30. The first kappa shape index (κ1) is 12.6. The molecule has 1 saturated heterocycles. The van der Waals surface area contributed by atoms with E-state index in [0.717, 1.165) is 12.3 Å². The van der Waals surface area contributed by atoms with E-state index in [1.807, 2.05) is 0 Å². The second-order valence-corrected chi connectivity index (χ2v) is 6.08. The first-order valence-electron chi connectivity index (χ1n) is 7.44. The molecule has 2 fully saturated rings. The summed E-state index contributed by atoms with van der Waals surface area (Å²) in [4.78, 5) is 0. The zero-order valence-electron chi connectivity index (χ0n) is 10.9. The Balaban J connectivity index is 1.73. The average molecular weight is 252 g/mol. The Morgan fingerprint density at radius 3 is 2.83 bits per heavy atom. The Morgan fingerprint density at radius 2 is 2.06 bits per heavy atom. The van der Waals surface area contributed by atoms with Crippen LogP contribution in [0.3, 0.4) is 0 Å². The minimum absolute atomic E-state index is 0.0584. The number of hydrogen-bond donors (Lipinski definition) is 2. The van der Waals surface area contributed by atoms with Gasteiger partial charge >= 0.3 is 0 Å². The van der Waals surface area contributed by atoms with Crippen molar-refractivity contribution in [2.24, 2.45) is 11.8 Å². The van der Waals surface area contributed by atoms with Gasteiger partial charge in [-0.25, -0.2) is 0 Å². The van der Waals surface area contributed by atoms with Crippen molar-refractivity contribution in [3.8, 4) is 0 Å². The zero-order chi connectivity index (χ0) is 12.5. The van der Waals surface area contributed by atoms with Gasteiger partial charge in [0.25, 0.3) is 0 Å². The minimum atomic E-state index is -0.495. The normalized spacial score (nSPS) is 44.6. The monoisotopic (exact) mass is 252 g/mol. The van der Waals surface area contributed by atoms with Crippen molar-refractivity contribution < 1.29 is 14.9 Å². The lowest BCUT2D eigenvalue weighted by atomic mass is 9.68. The molecule has 0 amide bonds. The van der Waals surface area contributed by atoms with E-state index >= 15 is 0 Å². The molecular weight excluding hydrogens is 228 g/mol. The minimum Gasteiger partial charge on any atom is -0.394 e. The number of aliphatic hydroxyl groups is 2. The summed E-state index contributed by atoms with van der Waals surface area (Å²) in [6, 6.07) is 0. The summed E-state index contributed by atoms with van der Waals surface area (Å²) in [5.41, 5.74) is 1.43. The van der Waals surface area contributed by atoms with E-state index in [2.05, 4.69) is 6.08 Å². The smallest absolute Gasteiger partial charge is 0.107 e. The van der Waals surface area contributed by atoms with Crippen LogP contribution in [0.2, 0.25) is 0 Å². The number of aliphatic hydroxyl groups excluding tert-OH is 2. The fraction of sp³-hybridized carbons (Fsp3) is 0.867. The Hall–Kier alpha value is -0.380. The number of rotatable bonds is 2. The van der Waals surface area contributed by atoms with Crippen LogP contribution in [0.1, 0.15) is 44.9 Å². The van der Waals surface area contributed by atoms with E-state index in [9.17, 15) is 10.2 Å². The molecule has 18 heavy (non-hydrogen) atoms. The molecule has 1 heterocycles. The highest BCUT2D eigenvalue weighted by Crippen LogP contribution is 2.44. The molecule has 0 spiro atoms. The van der Waals surface area contributed by atoms with E-state index in [1.54, 1.807) is 0 Å². The topological polar surface area (TPSA) is 49.7 Å². The number of hydrogen-bond acceptors (Lipinski definition) is 3. The highest BCUT2D eigenvalue weighted by molar-refractivity contribution is 5.19. The number of ether oxygens (including phenoxy) is 1. The second kappa shape index (κ2) is 5.32. The molecule has 1 saturated carbocycles. The van der Waals surface area contributed by atoms with Crippen LogP contribution >= 0.6 is 0 Å². The molecular formula is C15H24O3. The van der Waals surface area contributed by atoms with Crippen molar-refractivity contribution in [3.63, 3.8) is 0 Å². The molecule has 3 aliphatic rings. The molecule has 3 unspecified atom stereocenters. The van der Waals surface area contributed by atoms with Crippen LogP contribution in [0, 0.1) is 11.8 Å². The SMILES string of the molecule is OC[C@H]1OC(C2=CCCC3CCCCC23)C[C@@H]1O. The van der Waals surface area contributed by atoms with E-state index in [-0.39, 0.29) is 18.8 Å². The van der Waals surface area contributed by atoms with Gasteiger partial charge < -0.3 is 14.9 Å². The van der Waals surface area contributed by atoms with Gasteiger partial charge in [-0.05, 0) is 43.1 Å². The third-order valence-electron chi connectivity index (χ3n) is 5.03. The lowest BCUT2D eigenvalue weighted by molar-refractivity contribution is -0.0173. The molecule has 0 bridgehead atoms. The maximum Gasteiger partial charge on any atom is 0.107 e. The Bertz CT molecular complexity index is 326. The van der Waals surface area contributed by atoms with Gasteiger partial charge in [0.2, 0.25) is 0 Å². The lowest BCUT2D eigenvalue weighted by Gasteiger charge is -2.38. The van der Waals surface area contributed by atoms with Gasteiger partial charge in [-0.15, -0.1) is 0 Å². The summed E-state index contributed by atoms with van der Waals surface area (Å²) in [5.74, 6) is 1.52. The third-order valence-corrected chi connectivity index (χ3v) is 5.03. The maximum atomic E-state index is 9.87. The predicted molar refractivity (Wildman–Crippen MR) is 69.1 cm³/mol. The van der Waals surface area contributed by atoms with Crippen molar-refractivity contribution >= 4 is 0 Å². The molecule has 5 atom stereocenters. The highest BCUT2D eigenvalue weighted by Gasteiger charge is 2.40. The maximum absolute atomic E-state index is 9.87. The van der Waals surface area contributed by atoms with Gasteiger partial charge in [-0.2, -0.15) is 0 Å². The molecule has 0 aromatic rings. The molecule has 3 heteroatoms. The fourth-order valence-corrected chi connectivity index (χ4v) is 4.09. The van der Waals surface area contributed by atoms with Crippen molar-refractivity contribution in [1.29, 1.82) is 0 Å². The Labute approximate surface area is 109 Å². The van der Waals surface area contributed by atoms with Crippen LogP contribution < -0.4 is 0 Å². The molecule has 3 nitrogen and oxygen atoms in total. The zero-order valence-corrected chi connectivity index (χ0v) is 10.9. The molecule has 102 valence electrons. The third kappa shape index (κ3) is 2.24. The molecule has 0 aromatic heterocycles. The summed E-state index contributed by atoms with van der Waals surface area (Å²) in [5, 5.41) is 19.1. The van der Waals surface area contributed by atoms with Crippen molar-refractivity contribution in [2.75, 3.05) is 6.61 Å². The fourth-order valence-electron chi connectivity index (χ4n) is 4.09. The van der Waals surface area contributed by atoms with Crippen LogP contribution in [0.15, 0.2) is 11.6 Å². The van der Waals surface area contributed by atoms with Crippen LogP contribution in [-0.4, -0.2) is 35.1 Å². The summed E-state index contributed by atoms with van der Waals surface area (Å²) < 4.78 is 5.84. The van der Waals surface area contributed by atoms with Gasteiger partial charge in [-0.1, -0.05) is 18.9 Å². The van der Waals surface area contributed by atoms with E-state index in [4.69, 9.17) is 4.74 Å². The van der Waals surface area contributed by atoms with Crippen LogP contribution in [0.25, 0.3) is 0 Å². The van der Waals surface area contributed by atoms with Gasteiger partial charge in [-0.3, -0.25) is 0 Å². The molecule has 3 rings (SSSR count). The number of fused-ring (bicyclic) bond motifs is 1. The largest absolute Gasteiger partial charge is 0.394 e. The van der Waals surface area contributed by atoms with Crippen LogP contribution in [0.4, 0.5) is 0 Å². The summed E-state index contributed by atoms with van der Waals surface area (Å²) in [6.45, 7) is -0.0704. The molecule has 2 N–H and O–H groups in total. The van der Waals surface area contributed by atoms with Crippen molar-refractivity contribution in [3.05, 3.63) is 11.6 Å². The summed E-state index contributed by atoms with van der Waals surface area (Å²) in [6.07, 6.45) is 10.1. The van der Waals surface area contributed by atoms with Gasteiger partial charge in [0.1, 0.15) is 6.10 Å². The molecule has 0 aromatic carbocycles. The summed E-state index contributed by atoms with van der Waals surface area (Å²) in [7, 11) is 0. The quantitative estimate of drug-likeness (QED) is 0.739. The first-order valence-corrected chi connectivity index (χ1v) is 7.44. The van der Waals surface area contributed by atoms with Gasteiger partial charge in [0.05, 0.1) is 18.8 Å². The number of allylic oxidation sites excluding steroid dienone is 1. The molecule has 0 radical (unpaired) electrons. The first-order chi connectivity index (χ1) is 8.79.